The van der Waals surface area contributed by atoms with Crippen molar-refractivity contribution in [1.82, 2.24) is 0 Å². The van der Waals surface area contributed by atoms with E-state index >= 15 is 0 Å². The van der Waals surface area contributed by atoms with Gasteiger partial charge in [-0.3, -0.25) is 0 Å². The van der Waals surface area contributed by atoms with Crippen molar-refractivity contribution < 1.29 is 0 Å². The van der Waals surface area contributed by atoms with Crippen LogP contribution in [0.25, 0.3) is 0 Å². The molecule has 0 spiro atoms. The molecule has 0 unspecified atom stereocenters. The largest absolute Gasteiger partial charge is 0.399 e. The summed E-state index contributed by atoms with van der Waals surface area (Å²) in [5, 5.41) is 3.38. The van der Waals surface area contributed by atoms with Crippen LogP contribution < -0.4 is 11.1 Å². The van der Waals surface area contributed by atoms with Crippen LogP contribution in [-0.2, 0) is 0 Å². The van der Waals surface area contributed by atoms with E-state index in [1.165, 1.54) is 9.79 Å². The zero-order chi connectivity index (χ0) is 15.2. The molecule has 0 aliphatic rings. The van der Waals surface area contributed by atoms with Crippen molar-refractivity contribution in [1.29, 1.82) is 0 Å². The van der Waals surface area contributed by atoms with Crippen molar-refractivity contribution in [3.63, 3.8) is 0 Å². The Balaban J connectivity index is 1.58. The predicted octanol–water partition coefficient (Wildman–Crippen LogP) is 5.81. The molecule has 0 saturated heterocycles. The molecule has 3 aromatic rings. The number of para-hydroxylation sites is 1. The number of hydrogen-bond acceptors (Lipinski definition) is 4. The number of benzene rings is 3. The fourth-order valence-corrected chi connectivity index (χ4v) is 3.83. The lowest BCUT2D eigenvalue weighted by atomic mass is 10.3. The van der Waals surface area contributed by atoms with Crippen molar-refractivity contribution in [3.05, 3.63) is 78.9 Å². The van der Waals surface area contributed by atoms with Gasteiger partial charge >= 0.3 is 0 Å². The minimum atomic E-state index is 0.797. The summed E-state index contributed by atoms with van der Waals surface area (Å²) in [5.41, 5.74) is 8.68. The minimum absolute atomic E-state index is 0.797. The van der Waals surface area contributed by atoms with Gasteiger partial charge in [-0.05, 0) is 60.7 Å². The van der Waals surface area contributed by atoms with Crippen molar-refractivity contribution in [2.45, 2.75) is 9.79 Å². The van der Waals surface area contributed by atoms with Gasteiger partial charge in [0.05, 0.1) is 0 Å². The highest BCUT2D eigenvalue weighted by Gasteiger charge is 1.99. The standard InChI is InChI=1S/C18H16N2S2/c19-14-6-10-17(11-7-14)21-22-18-12-8-16(9-13-18)20-15-4-2-1-3-5-15/h1-13,20H,19H2. The number of anilines is 3. The van der Waals surface area contributed by atoms with Crippen molar-refractivity contribution in [2.24, 2.45) is 0 Å². The van der Waals surface area contributed by atoms with Crippen LogP contribution in [0, 0.1) is 0 Å². The van der Waals surface area contributed by atoms with Crippen LogP contribution in [0.5, 0.6) is 0 Å². The SMILES string of the molecule is Nc1ccc(SSc2ccc(Nc3ccccc3)cc2)cc1. The Bertz CT molecular complexity index is 710. The Morgan fingerprint density at radius 2 is 1.09 bits per heavy atom. The van der Waals surface area contributed by atoms with E-state index < -0.39 is 0 Å². The van der Waals surface area contributed by atoms with Gasteiger partial charge in [-0.1, -0.05) is 39.8 Å². The third kappa shape index (κ3) is 4.23. The third-order valence-electron chi connectivity index (χ3n) is 3.03. The first kappa shape index (κ1) is 14.9. The Labute approximate surface area is 138 Å². The first-order chi connectivity index (χ1) is 10.8. The van der Waals surface area contributed by atoms with Gasteiger partial charge in [-0.15, -0.1) is 0 Å². The van der Waals surface area contributed by atoms with Crippen LogP contribution in [0.1, 0.15) is 0 Å². The van der Waals surface area contributed by atoms with Crippen LogP contribution >= 0.6 is 21.6 Å². The number of nitrogens with two attached hydrogens (primary N) is 1. The molecule has 0 amide bonds. The van der Waals surface area contributed by atoms with Gasteiger partial charge < -0.3 is 11.1 Å². The van der Waals surface area contributed by atoms with E-state index in [9.17, 15) is 0 Å². The van der Waals surface area contributed by atoms with Crippen LogP contribution in [0.4, 0.5) is 17.1 Å². The van der Waals surface area contributed by atoms with E-state index in [1.54, 1.807) is 21.6 Å². The van der Waals surface area contributed by atoms with Crippen molar-refractivity contribution >= 4 is 38.6 Å². The van der Waals surface area contributed by atoms with Gasteiger partial charge in [0.1, 0.15) is 0 Å². The van der Waals surface area contributed by atoms with Gasteiger partial charge in [0.2, 0.25) is 0 Å². The zero-order valence-corrected chi connectivity index (χ0v) is 13.5. The number of nitrogen functional groups attached to an aromatic ring is 1. The summed E-state index contributed by atoms with van der Waals surface area (Å²) >= 11 is 0. The van der Waals surface area contributed by atoms with Gasteiger partial charge in [0.15, 0.2) is 0 Å². The molecule has 0 radical (unpaired) electrons. The second-order valence-corrected chi connectivity index (χ2v) is 7.03. The molecule has 0 heterocycles. The van der Waals surface area contributed by atoms with E-state index in [1.807, 2.05) is 42.5 Å². The van der Waals surface area contributed by atoms with E-state index in [2.05, 4.69) is 41.7 Å². The summed E-state index contributed by atoms with van der Waals surface area (Å²) in [5.74, 6) is 0. The maximum Gasteiger partial charge on any atom is 0.0385 e. The highest BCUT2D eigenvalue weighted by atomic mass is 33.1. The Morgan fingerprint density at radius 3 is 1.68 bits per heavy atom. The van der Waals surface area contributed by atoms with Gasteiger partial charge in [-0.2, -0.15) is 0 Å². The van der Waals surface area contributed by atoms with Crippen molar-refractivity contribution in [2.75, 3.05) is 11.1 Å². The number of nitrogens with one attached hydrogen (secondary N) is 1. The summed E-state index contributed by atoms with van der Waals surface area (Å²) < 4.78 is 0. The molecule has 0 aromatic heterocycles. The summed E-state index contributed by atoms with van der Waals surface area (Å²) in [6.45, 7) is 0. The van der Waals surface area contributed by atoms with Crippen LogP contribution in [0.15, 0.2) is 88.7 Å². The molecule has 0 saturated carbocycles. The molecule has 0 bridgehead atoms. The second kappa shape index (κ2) is 7.29. The first-order valence-electron chi connectivity index (χ1n) is 6.92. The van der Waals surface area contributed by atoms with Crippen LogP contribution in [0.3, 0.4) is 0 Å². The second-order valence-electron chi connectivity index (χ2n) is 4.75. The Hall–Kier alpha value is -2.04. The molecule has 0 aliphatic carbocycles. The maximum absolute atomic E-state index is 5.69. The summed E-state index contributed by atoms with van der Waals surface area (Å²) in [6, 6.07) is 26.5. The summed E-state index contributed by atoms with van der Waals surface area (Å²) in [4.78, 5) is 2.42. The molecule has 22 heavy (non-hydrogen) atoms. The molecule has 3 rings (SSSR count). The lowest BCUT2D eigenvalue weighted by Gasteiger charge is -2.07. The highest BCUT2D eigenvalue weighted by molar-refractivity contribution is 8.76. The van der Waals surface area contributed by atoms with Crippen molar-refractivity contribution in [3.8, 4) is 0 Å². The molecule has 3 N–H and O–H groups in total. The lowest BCUT2D eigenvalue weighted by molar-refractivity contribution is 1.45. The molecule has 110 valence electrons. The normalized spacial score (nSPS) is 10.4. The third-order valence-corrected chi connectivity index (χ3v) is 5.45. The first-order valence-corrected chi connectivity index (χ1v) is 9.07. The molecule has 0 atom stereocenters. The van der Waals surface area contributed by atoms with Crippen LogP contribution in [0.2, 0.25) is 0 Å². The average molecular weight is 324 g/mol. The number of hydrogen-bond donors (Lipinski definition) is 2. The Kier molecular flexibility index (Phi) is 4.93. The van der Waals surface area contributed by atoms with Crippen LogP contribution in [-0.4, -0.2) is 0 Å². The molecule has 0 fully saturated rings. The summed E-state index contributed by atoms with van der Waals surface area (Å²) in [7, 11) is 3.48. The van der Waals surface area contributed by atoms with E-state index in [4.69, 9.17) is 5.73 Å². The predicted molar refractivity (Wildman–Crippen MR) is 98.7 cm³/mol. The molecule has 3 aromatic carbocycles. The van der Waals surface area contributed by atoms with Gasteiger partial charge in [-0.25, -0.2) is 0 Å². The summed E-state index contributed by atoms with van der Waals surface area (Å²) in [6.07, 6.45) is 0. The Morgan fingerprint density at radius 1 is 0.591 bits per heavy atom. The fourth-order valence-electron chi connectivity index (χ4n) is 1.90. The van der Waals surface area contributed by atoms with Gasteiger partial charge in [0, 0.05) is 26.9 Å². The minimum Gasteiger partial charge on any atom is -0.399 e. The molecular weight excluding hydrogens is 308 g/mol. The fraction of sp³-hybridized carbons (Fsp3) is 0. The van der Waals surface area contributed by atoms with E-state index in [0.717, 1.165) is 17.1 Å². The molecule has 2 nitrogen and oxygen atoms in total. The topological polar surface area (TPSA) is 38.0 Å². The lowest BCUT2D eigenvalue weighted by Crippen LogP contribution is -1.88. The molecule has 4 heteroatoms. The molecular formula is C18H16N2S2. The monoisotopic (exact) mass is 324 g/mol. The zero-order valence-electron chi connectivity index (χ0n) is 11.9. The quantitative estimate of drug-likeness (QED) is 0.458. The number of rotatable bonds is 5. The smallest absolute Gasteiger partial charge is 0.0385 e. The average Bonchev–Trinajstić information content (AvgIpc) is 2.57. The van der Waals surface area contributed by atoms with Gasteiger partial charge in [0.25, 0.3) is 0 Å². The van der Waals surface area contributed by atoms with E-state index in [-0.39, 0.29) is 0 Å². The highest BCUT2D eigenvalue weighted by Crippen LogP contribution is 2.37. The maximum atomic E-state index is 5.69. The molecule has 0 aliphatic heterocycles. The van der Waals surface area contributed by atoms with E-state index in [0.29, 0.717) is 0 Å².